The minimum Gasteiger partial charge on any atom is -0.481 e. The molecule has 0 spiro atoms. The van der Waals surface area contributed by atoms with Crippen LogP contribution in [0, 0.1) is 0 Å². The van der Waals surface area contributed by atoms with Crippen LogP contribution in [0.15, 0.2) is 47.2 Å². The van der Waals surface area contributed by atoms with Gasteiger partial charge in [0, 0.05) is 11.6 Å². The van der Waals surface area contributed by atoms with Gasteiger partial charge in [0.2, 0.25) is 0 Å². The number of nitrogens with one attached hydrogen (secondary N) is 1. The molecule has 3 aromatic rings. The Morgan fingerprint density at radius 2 is 2.15 bits per heavy atom. The lowest BCUT2D eigenvalue weighted by atomic mass is 10.2. The van der Waals surface area contributed by atoms with Crippen molar-refractivity contribution in [3.8, 4) is 0 Å². The fourth-order valence-corrected chi connectivity index (χ4v) is 1.92. The van der Waals surface area contributed by atoms with Crippen LogP contribution >= 0.6 is 0 Å². The van der Waals surface area contributed by atoms with E-state index in [9.17, 15) is 4.79 Å². The molecular formula is C14H11N3O3. The molecule has 0 saturated heterocycles. The summed E-state index contributed by atoms with van der Waals surface area (Å²) in [5, 5.41) is 12.7. The van der Waals surface area contributed by atoms with Crippen molar-refractivity contribution in [3.05, 3.63) is 48.5 Å². The topological polar surface area (TPSA) is 88.2 Å². The van der Waals surface area contributed by atoms with E-state index < -0.39 is 5.97 Å². The van der Waals surface area contributed by atoms with Crippen LogP contribution in [0.2, 0.25) is 0 Å². The molecule has 0 fully saturated rings. The van der Waals surface area contributed by atoms with Crippen molar-refractivity contribution in [3.63, 3.8) is 0 Å². The SMILES string of the molecule is O=C(O)Cc1coc(Nc2cccc3cccnc23)n1. The molecule has 2 heterocycles. The zero-order valence-corrected chi connectivity index (χ0v) is 10.4. The van der Waals surface area contributed by atoms with E-state index in [4.69, 9.17) is 9.52 Å². The van der Waals surface area contributed by atoms with E-state index in [2.05, 4.69) is 15.3 Å². The van der Waals surface area contributed by atoms with Crippen molar-refractivity contribution < 1.29 is 14.3 Å². The number of para-hydroxylation sites is 1. The quantitative estimate of drug-likeness (QED) is 0.756. The predicted octanol–water partition coefficient (Wildman–Crippen LogP) is 2.59. The molecule has 0 aliphatic carbocycles. The number of hydrogen-bond acceptors (Lipinski definition) is 5. The smallest absolute Gasteiger partial charge is 0.309 e. The molecule has 0 saturated carbocycles. The van der Waals surface area contributed by atoms with Crippen molar-refractivity contribution in [2.24, 2.45) is 0 Å². The highest BCUT2D eigenvalue weighted by Gasteiger charge is 2.09. The summed E-state index contributed by atoms with van der Waals surface area (Å²) in [7, 11) is 0. The third-order valence-electron chi connectivity index (χ3n) is 2.76. The number of pyridine rings is 1. The maximum Gasteiger partial charge on any atom is 0.309 e. The Morgan fingerprint density at radius 1 is 1.30 bits per heavy atom. The zero-order chi connectivity index (χ0) is 13.9. The summed E-state index contributed by atoms with van der Waals surface area (Å²) in [5.41, 5.74) is 1.92. The Kier molecular flexibility index (Phi) is 3.04. The number of carboxylic acids is 1. The summed E-state index contributed by atoms with van der Waals surface area (Å²) in [6.45, 7) is 0. The molecular weight excluding hydrogens is 258 g/mol. The lowest BCUT2D eigenvalue weighted by molar-refractivity contribution is -0.136. The normalized spacial score (nSPS) is 10.6. The van der Waals surface area contributed by atoms with Crippen LogP contribution in [0.3, 0.4) is 0 Å². The third kappa shape index (κ3) is 2.44. The molecule has 20 heavy (non-hydrogen) atoms. The molecule has 6 nitrogen and oxygen atoms in total. The molecule has 0 radical (unpaired) electrons. The molecule has 2 N–H and O–H groups in total. The van der Waals surface area contributed by atoms with Gasteiger partial charge in [0.1, 0.15) is 6.26 Å². The fraction of sp³-hybridized carbons (Fsp3) is 0.0714. The highest BCUT2D eigenvalue weighted by Crippen LogP contribution is 2.24. The van der Waals surface area contributed by atoms with Crippen molar-refractivity contribution >= 4 is 28.6 Å². The largest absolute Gasteiger partial charge is 0.481 e. The number of anilines is 2. The molecule has 1 aromatic carbocycles. The van der Waals surface area contributed by atoms with E-state index in [1.54, 1.807) is 6.20 Å². The Hall–Kier alpha value is -2.89. The summed E-state index contributed by atoms with van der Waals surface area (Å²) >= 11 is 0. The first-order valence-electron chi connectivity index (χ1n) is 5.99. The molecule has 0 bridgehead atoms. The van der Waals surface area contributed by atoms with Crippen LogP contribution in [0.1, 0.15) is 5.69 Å². The molecule has 0 atom stereocenters. The van der Waals surface area contributed by atoms with Crippen LogP contribution in [0.25, 0.3) is 10.9 Å². The fourth-order valence-electron chi connectivity index (χ4n) is 1.92. The second kappa shape index (κ2) is 5.00. The number of rotatable bonds is 4. The lowest BCUT2D eigenvalue weighted by Gasteiger charge is -2.05. The number of aliphatic carboxylic acids is 1. The summed E-state index contributed by atoms with van der Waals surface area (Å²) in [4.78, 5) is 19.0. The number of nitrogens with zero attached hydrogens (tertiary/aromatic N) is 2. The minimum absolute atomic E-state index is 0.168. The standard InChI is InChI=1S/C14H11N3O3/c18-12(19)7-10-8-20-14(16-10)17-11-5-1-3-9-4-2-6-15-13(9)11/h1-6,8H,7H2,(H,16,17)(H,18,19). The molecule has 0 aliphatic heterocycles. The Morgan fingerprint density at radius 3 is 3.00 bits per heavy atom. The highest BCUT2D eigenvalue weighted by molar-refractivity contribution is 5.91. The van der Waals surface area contributed by atoms with Crippen molar-refractivity contribution in [1.82, 2.24) is 9.97 Å². The highest BCUT2D eigenvalue weighted by atomic mass is 16.4. The van der Waals surface area contributed by atoms with Gasteiger partial charge in [-0.15, -0.1) is 0 Å². The number of carbonyl (C=O) groups is 1. The zero-order valence-electron chi connectivity index (χ0n) is 10.4. The molecule has 0 amide bonds. The van der Waals surface area contributed by atoms with Gasteiger partial charge in [0.15, 0.2) is 0 Å². The number of aromatic nitrogens is 2. The van der Waals surface area contributed by atoms with E-state index in [0.29, 0.717) is 5.69 Å². The van der Waals surface area contributed by atoms with Gasteiger partial charge < -0.3 is 14.8 Å². The molecule has 0 unspecified atom stereocenters. The van der Waals surface area contributed by atoms with Crippen molar-refractivity contribution in [2.45, 2.75) is 6.42 Å². The molecule has 100 valence electrons. The van der Waals surface area contributed by atoms with Gasteiger partial charge >= 0.3 is 5.97 Å². The maximum atomic E-state index is 10.6. The molecule has 2 aromatic heterocycles. The van der Waals surface area contributed by atoms with E-state index >= 15 is 0 Å². The summed E-state index contributed by atoms with van der Waals surface area (Å²) < 4.78 is 5.21. The molecule has 0 aliphatic rings. The first kappa shape index (κ1) is 12.2. The average molecular weight is 269 g/mol. The Bertz CT molecular complexity index is 762. The predicted molar refractivity (Wildman–Crippen MR) is 72.9 cm³/mol. The number of benzene rings is 1. The average Bonchev–Trinajstić information content (AvgIpc) is 2.86. The summed E-state index contributed by atoms with van der Waals surface area (Å²) in [6.07, 6.45) is 2.87. The van der Waals surface area contributed by atoms with Crippen molar-refractivity contribution in [2.75, 3.05) is 5.32 Å². The summed E-state index contributed by atoms with van der Waals surface area (Å²) in [6, 6.07) is 9.78. The first-order chi connectivity index (χ1) is 9.72. The van der Waals surface area contributed by atoms with Gasteiger partial charge in [0.05, 0.1) is 23.3 Å². The van der Waals surface area contributed by atoms with Gasteiger partial charge in [-0.2, -0.15) is 4.98 Å². The maximum absolute atomic E-state index is 10.6. The second-order valence-corrected chi connectivity index (χ2v) is 4.22. The van der Waals surface area contributed by atoms with Gasteiger partial charge in [-0.25, -0.2) is 0 Å². The minimum atomic E-state index is -0.948. The number of fused-ring (bicyclic) bond motifs is 1. The van der Waals surface area contributed by atoms with Gasteiger partial charge in [-0.3, -0.25) is 9.78 Å². The van der Waals surface area contributed by atoms with E-state index in [1.165, 1.54) is 6.26 Å². The number of hydrogen-bond donors (Lipinski definition) is 2. The van der Waals surface area contributed by atoms with Crippen LogP contribution in [-0.2, 0) is 11.2 Å². The van der Waals surface area contributed by atoms with Gasteiger partial charge in [-0.05, 0) is 12.1 Å². The van der Waals surface area contributed by atoms with Gasteiger partial charge in [0.25, 0.3) is 6.01 Å². The van der Waals surface area contributed by atoms with Crippen LogP contribution in [0.5, 0.6) is 0 Å². The second-order valence-electron chi connectivity index (χ2n) is 4.22. The Labute approximate surface area is 114 Å². The van der Waals surface area contributed by atoms with E-state index in [1.807, 2.05) is 30.3 Å². The van der Waals surface area contributed by atoms with Crippen LogP contribution < -0.4 is 5.32 Å². The summed E-state index contributed by atoms with van der Waals surface area (Å²) in [5.74, 6) is -0.948. The molecule has 6 heteroatoms. The van der Waals surface area contributed by atoms with Crippen molar-refractivity contribution in [1.29, 1.82) is 0 Å². The van der Waals surface area contributed by atoms with E-state index in [0.717, 1.165) is 16.6 Å². The van der Waals surface area contributed by atoms with Crippen LogP contribution in [-0.4, -0.2) is 21.0 Å². The number of oxazole rings is 1. The molecule has 3 rings (SSSR count). The van der Waals surface area contributed by atoms with Gasteiger partial charge in [-0.1, -0.05) is 18.2 Å². The monoisotopic (exact) mass is 269 g/mol. The van der Waals surface area contributed by atoms with Crippen LogP contribution in [0.4, 0.5) is 11.7 Å². The first-order valence-corrected chi connectivity index (χ1v) is 5.99. The number of carboxylic acid groups (broad SMARTS) is 1. The van der Waals surface area contributed by atoms with E-state index in [-0.39, 0.29) is 12.4 Å². The Balaban J connectivity index is 1.89. The lowest BCUT2D eigenvalue weighted by Crippen LogP contribution is -2.00. The third-order valence-corrected chi connectivity index (χ3v) is 2.76.